The Morgan fingerprint density at radius 2 is 2.29 bits per heavy atom. The van der Waals surface area contributed by atoms with Gasteiger partial charge in [0, 0.05) is 5.56 Å². The van der Waals surface area contributed by atoms with Crippen LogP contribution in [0.25, 0.3) is 0 Å². The molecular weight excluding hydrogens is 221 g/mol. The summed E-state index contributed by atoms with van der Waals surface area (Å²) in [6, 6.07) is 4.53. The molecule has 0 aromatic heterocycles. The number of ether oxygens (including phenoxy) is 2. The minimum atomic E-state index is -0.258. The summed E-state index contributed by atoms with van der Waals surface area (Å²) in [6.45, 7) is 0.623. The van der Waals surface area contributed by atoms with Gasteiger partial charge in [-0.15, -0.1) is 0 Å². The molecule has 1 saturated heterocycles. The van der Waals surface area contributed by atoms with E-state index < -0.39 is 0 Å². The second kappa shape index (κ2) is 5.47. The summed E-state index contributed by atoms with van der Waals surface area (Å²) >= 11 is 0. The van der Waals surface area contributed by atoms with Crippen molar-refractivity contribution in [3.05, 3.63) is 29.6 Å². The van der Waals surface area contributed by atoms with Gasteiger partial charge in [0.25, 0.3) is 0 Å². The van der Waals surface area contributed by atoms with Crippen LogP contribution in [0.4, 0.5) is 4.39 Å². The topological polar surface area (TPSA) is 44.5 Å². The summed E-state index contributed by atoms with van der Waals surface area (Å²) < 4.78 is 24.3. The fourth-order valence-corrected chi connectivity index (χ4v) is 2.29. The van der Waals surface area contributed by atoms with Crippen molar-refractivity contribution in [2.45, 2.75) is 31.5 Å². The molecule has 1 aromatic rings. The molecule has 1 fully saturated rings. The van der Waals surface area contributed by atoms with Crippen LogP contribution in [0.1, 0.15) is 30.9 Å². The van der Waals surface area contributed by atoms with Crippen LogP contribution in [0.15, 0.2) is 18.2 Å². The van der Waals surface area contributed by atoms with Gasteiger partial charge in [0.2, 0.25) is 0 Å². The molecule has 94 valence electrons. The summed E-state index contributed by atoms with van der Waals surface area (Å²) in [5.41, 5.74) is 6.31. The van der Waals surface area contributed by atoms with Gasteiger partial charge in [-0.25, -0.2) is 4.39 Å². The second-order valence-corrected chi connectivity index (χ2v) is 4.29. The van der Waals surface area contributed by atoms with Gasteiger partial charge < -0.3 is 15.2 Å². The first-order chi connectivity index (χ1) is 8.24. The lowest BCUT2D eigenvalue weighted by atomic mass is 10.0. The van der Waals surface area contributed by atoms with Crippen LogP contribution in [0, 0.1) is 5.82 Å². The molecule has 2 atom stereocenters. The summed E-state index contributed by atoms with van der Waals surface area (Å²) in [6.07, 6.45) is 2.84. The highest BCUT2D eigenvalue weighted by atomic mass is 19.1. The third-order valence-corrected chi connectivity index (χ3v) is 3.13. The maximum Gasteiger partial charge on any atom is 0.124 e. The van der Waals surface area contributed by atoms with E-state index in [2.05, 4.69) is 0 Å². The van der Waals surface area contributed by atoms with Gasteiger partial charge in [-0.1, -0.05) is 0 Å². The minimum Gasteiger partial charge on any atom is -0.496 e. The standard InChI is InChI=1S/C13H18FNO2/c1-16-12-4-2-9(14)8-11(12)13-5-3-10(17-13)6-7-15/h2,4,8,10,13H,3,5-7,15H2,1H3/t10-,13+/m1/s1. The monoisotopic (exact) mass is 239 g/mol. The number of halogens is 1. The Kier molecular flexibility index (Phi) is 3.97. The molecule has 3 nitrogen and oxygen atoms in total. The molecule has 1 aliphatic rings. The maximum absolute atomic E-state index is 13.3. The average Bonchev–Trinajstić information content (AvgIpc) is 2.78. The molecule has 0 amide bonds. The fourth-order valence-electron chi connectivity index (χ4n) is 2.29. The van der Waals surface area contributed by atoms with Crippen LogP contribution in [-0.2, 0) is 4.74 Å². The van der Waals surface area contributed by atoms with Crippen molar-refractivity contribution in [2.75, 3.05) is 13.7 Å². The normalized spacial score (nSPS) is 23.9. The molecule has 4 heteroatoms. The zero-order valence-electron chi connectivity index (χ0n) is 9.99. The highest BCUT2D eigenvalue weighted by molar-refractivity contribution is 5.36. The van der Waals surface area contributed by atoms with Gasteiger partial charge in [0.1, 0.15) is 11.6 Å². The highest BCUT2D eigenvalue weighted by Gasteiger charge is 2.28. The molecule has 0 spiro atoms. The SMILES string of the molecule is COc1ccc(F)cc1[C@@H]1CC[C@H](CCN)O1. The number of hydrogen-bond donors (Lipinski definition) is 1. The predicted octanol–water partition coefficient (Wildman–Crippen LogP) is 2.40. The van der Waals surface area contributed by atoms with Crippen LogP contribution in [-0.4, -0.2) is 19.8 Å². The summed E-state index contributed by atoms with van der Waals surface area (Å²) in [7, 11) is 1.59. The first kappa shape index (κ1) is 12.3. The molecule has 0 radical (unpaired) electrons. The summed E-state index contributed by atoms with van der Waals surface area (Å²) in [4.78, 5) is 0. The van der Waals surface area contributed by atoms with Crippen molar-refractivity contribution in [1.82, 2.24) is 0 Å². The number of benzene rings is 1. The van der Waals surface area contributed by atoms with Crippen molar-refractivity contribution in [3.8, 4) is 5.75 Å². The van der Waals surface area contributed by atoms with E-state index in [1.807, 2.05) is 0 Å². The highest BCUT2D eigenvalue weighted by Crippen LogP contribution is 2.38. The van der Waals surface area contributed by atoms with Crippen molar-refractivity contribution in [3.63, 3.8) is 0 Å². The molecule has 0 saturated carbocycles. The van der Waals surface area contributed by atoms with Crippen molar-refractivity contribution < 1.29 is 13.9 Å². The Hall–Kier alpha value is -1.13. The number of rotatable bonds is 4. The van der Waals surface area contributed by atoms with Gasteiger partial charge in [0.05, 0.1) is 19.3 Å². The van der Waals surface area contributed by atoms with E-state index in [9.17, 15) is 4.39 Å². The van der Waals surface area contributed by atoms with Crippen molar-refractivity contribution in [1.29, 1.82) is 0 Å². The first-order valence-electron chi connectivity index (χ1n) is 5.93. The Bertz CT molecular complexity index is 384. The van der Waals surface area contributed by atoms with Gasteiger partial charge >= 0.3 is 0 Å². The van der Waals surface area contributed by atoms with E-state index in [-0.39, 0.29) is 18.0 Å². The zero-order valence-corrected chi connectivity index (χ0v) is 9.99. The van der Waals surface area contributed by atoms with E-state index in [1.54, 1.807) is 13.2 Å². The zero-order chi connectivity index (χ0) is 12.3. The van der Waals surface area contributed by atoms with Gasteiger partial charge in [-0.3, -0.25) is 0 Å². The van der Waals surface area contributed by atoms with Crippen molar-refractivity contribution in [2.24, 2.45) is 5.73 Å². The third-order valence-electron chi connectivity index (χ3n) is 3.13. The number of nitrogens with two attached hydrogens (primary N) is 1. The maximum atomic E-state index is 13.3. The molecule has 1 aliphatic heterocycles. The first-order valence-corrected chi connectivity index (χ1v) is 5.93. The van der Waals surface area contributed by atoms with Gasteiger partial charge in [0.15, 0.2) is 0 Å². The van der Waals surface area contributed by atoms with E-state index in [1.165, 1.54) is 12.1 Å². The fraction of sp³-hybridized carbons (Fsp3) is 0.538. The Labute approximate surface area is 101 Å². The number of methoxy groups -OCH3 is 1. The second-order valence-electron chi connectivity index (χ2n) is 4.29. The van der Waals surface area contributed by atoms with Gasteiger partial charge in [-0.2, -0.15) is 0 Å². The summed E-state index contributed by atoms with van der Waals surface area (Å²) in [5.74, 6) is 0.427. The van der Waals surface area contributed by atoms with Crippen LogP contribution in [0.2, 0.25) is 0 Å². The lowest BCUT2D eigenvalue weighted by molar-refractivity contribution is 0.0400. The average molecular weight is 239 g/mol. The van der Waals surface area contributed by atoms with E-state index in [4.69, 9.17) is 15.2 Å². The Morgan fingerprint density at radius 1 is 1.47 bits per heavy atom. The van der Waals surface area contributed by atoms with Crippen LogP contribution in [0.3, 0.4) is 0 Å². The molecular formula is C13H18FNO2. The smallest absolute Gasteiger partial charge is 0.124 e. The lowest BCUT2D eigenvalue weighted by Crippen LogP contribution is -2.13. The van der Waals surface area contributed by atoms with E-state index in [0.29, 0.717) is 12.3 Å². The van der Waals surface area contributed by atoms with Crippen molar-refractivity contribution >= 4 is 0 Å². The molecule has 2 rings (SSSR count). The Balaban J connectivity index is 2.14. The minimum absolute atomic E-state index is 0.0720. The molecule has 0 unspecified atom stereocenters. The largest absolute Gasteiger partial charge is 0.496 e. The van der Waals surface area contributed by atoms with Crippen LogP contribution in [0.5, 0.6) is 5.75 Å². The van der Waals surface area contributed by atoms with Crippen LogP contribution < -0.4 is 10.5 Å². The molecule has 2 N–H and O–H groups in total. The predicted molar refractivity (Wildman–Crippen MR) is 63.5 cm³/mol. The molecule has 1 aromatic carbocycles. The van der Waals surface area contributed by atoms with E-state index >= 15 is 0 Å². The molecule has 17 heavy (non-hydrogen) atoms. The third kappa shape index (κ3) is 2.76. The summed E-state index contributed by atoms with van der Waals surface area (Å²) in [5, 5.41) is 0. The molecule has 0 aliphatic carbocycles. The number of hydrogen-bond acceptors (Lipinski definition) is 3. The van der Waals surface area contributed by atoms with E-state index in [0.717, 1.165) is 24.8 Å². The quantitative estimate of drug-likeness (QED) is 0.877. The lowest BCUT2D eigenvalue weighted by Gasteiger charge is -2.16. The Morgan fingerprint density at radius 3 is 3.00 bits per heavy atom. The molecule has 0 bridgehead atoms. The van der Waals surface area contributed by atoms with Crippen LogP contribution >= 0.6 is 0 Å². The molecule has 1 heterocycles. The van der Waals surface area contributed by atoms with Gasteiger partial charge in [-0.05, 0) is 44.0 Å².